The predicted molar refractivity (Wildman–Crippen MR) is 139 cm³/mol. The number of ether oxygens (including phenoxy) is 2. The normalized spacial score (nSPS) is 13.8. The molecule has 0 saturated heterocycles. The van der Waals surface area contributed by atoms with Crippen molar-refractivity contribution in [3.63, 3.8) is 0 Å². The van der Waals surface area contributed by atoms with Gasteiger partial charge in [0.1, 0.15) is 0 Å². The van der Waals surface area contributed by atoms with Gasteiger partial charge in [0.15, 0.2) is 0 Å². The van der Waals surface area contributed by atoms with E-state index < -0.39 is 0 Å². The van der Waals surface area contributed by atoms with Gasteiger partial charge in [-0.3, -0.25) is 0 Å². The summed E-state index contributed by atoms with van der Waals surface area (Å²) in [5.41, 5.74) is 9.44. The number of halogens is 2. The number of rotatable bonds is 14. The summed E-state index contributed by atoms with van der Waals surface area (Å²) in [5.74, 6) is 0. The van der Waals surface area contributed by atoms with Gasteiger partial charge in [-0.25, -0.2) is 12.8 Å². The van der Waals surface area contributed by atoms with E-state index in [2.05, 4.69) is 78.0 Å². The first-order valence-corrected chi connectivity index (χ1v) is 13.0. The predicted octanol–water partition coefficient (Wildman–Crippen LogP) is 2.89. The van der Waals surface area contributed by atoms with E-state index in [0.29, 0.717) is 0 Å². The fourth-order valence-electron chi connectivity index (χ4n) is 3.55. The molecule has 2 rings (SSSR count). The van der Waals surface area contributed by atoms with Crippen molar-refractivity contribution in [3.8, 4) is 0 Å². The Morgan fingerprint density at radius 1 is 0.629 bits per heavy atom. The molecule has 0 aromatic carbocycles. The largest absolute Gasteiger partial charge is 4.00 e. The monoisotopic (exact) mass is 560 g/mol. The summed E-state index contributed by atoms with van der Waals surface area (Å²) in [6, 6.07) is 0. The molecular formula is C30H50Cl2O2Ti. The molecule has 2 nitrogen and oxygen atoms in total. The van der Waals surface area contributed by atoms with Crippen LogP contribution in [0, 0.1) is 12.8 Å². The van der Waals surface area contributed by atoms with E-state index >= 15 is 0 Å². The van der Waals surface area contributed by atoms with Gasteiger partial charge in [-0.2, -0.15) is 23.3 Å². The SMILES string of the molecule is CC(C)(C)OCCCCCCC1=C=CC[CH-]1.CC(C)(C)OCCCCCCC1=C=CC[CH-]1.[Cl-].[Cl-].[Ti+4]. The number of hydrogen-bond acceptors (Lipinski definition) is 2. The smallest absolute Gasteiger partial charge is 1.00 e. The minimum absolute atomic E-state index is 0. The first-order valence-electron chi connectivity index (χ1n) is 13.0. The first-order chi connectivity index (χ1) is 15.2. The van der Waals surface area contributed by atoms with Crippen LogP contribution in [0.15, 0.2) is 34.8 Å². The summed E-state index contributed by atoms with van der Waals surface area (Å²) in [4.78, 5) is 0. The molecule has 200 valence electrons. The van der Waals surface area contributed by atoms with Gasteiger partial charge in [0.2, 0.25) is 0 Å². The second-order valence-corrected chi connectivity index (χ2v) is 10.9. The molecule has 0 saturated carbocycles. The van der Waals surface area contributed by atoms with E-state index in [0.717, 1.165) is 26.1 Å². The third kappa shape index (κ3) is 26.9. The van der Waals surface area contributed by atoms with E-state index in [1.54, 1.807) is 0 Å². The Hall–Kier alpha value is -0.00571. The Labute approximate surface area is 245 Å². The van der Waals surface area contributed by atoms with Gasteiger partial charge >= 0.3 is 21.7 Å². The molecule has 0 unspecified atom stereocenters. The third-order valence-electron chi connectivity index (χ3n) is 5.29. The Bertz CT molecular complexity index is 576. The molecule has 2 aliphatic carbocycles. The zero-order chi connectivity index (χ0) is 23.7. The van der Waals surface area contributed by atoms with Crippen molar-refractivity contribution < 1.29 is 56.0 Å². The second kappa shape index (κ2) is 23.1. The Morgan fingerprint density at radius 2 is 0.971 bits per heavy atom. The topological polar surface area (TPSA) is 18.5 Å². The average molecular weight is 562 g/mol. The quantitative estimate of drug-likeness (QED) is 0.141. The third-order valence-corrected chi connectivity index (χ3v) is 5.29. The van der Waals surface area contributed by atoms with Crippen LogP contribution in [0.1, 0.15) is 119 Å². The van der Waals surface area contributed by atoms with Crippen molar-refractivity contribution in [2.75, 3.05) is 13.2 Å². The maximum Gasteiger partial charge on any atom is 4.00 e. The van der Waals surface area contributed by atoms with Crippen LogP contribution in [0.4, 0.5) is 0 Å². The van der Waals surface area contributed by atoms with Crippen molar-refractivity contribution in [1.29, 1.82) is 0 Å². The average Bonchev–Trinajstić information content (AvgIpc) is 3.39. The van der Waals surface area contributed by atoms with Crippen molar-refractivity contribution in [3.05, 3.63) is 47.6 Å². The van der Waals surface area contributed by atoms with Crippen LogP contribution in [-0.2, 0) is 31.2 Å². The molecule has 0 atom stereocenters. The number of allylic oxidation sites excluding steroid dienone is 2. The van der Waals surface area contributed by atoms with Crippen LogP contribution in [-0.4, -0.2) is 24.4 Å². The van der Waals surface area contributed by atoms with Gasteiger partial charge in [0.05, 0.1) is 11.2 Å². The maximum atomic E-state index is 5.68. The zero-order valence-corrected chi connectivity index (χ0v) is 26.4. The minimum Gasteiger partial charge on any atom is -1.00 e. The van der Waals surface area contributed by atoms with Crippen LogP contribution in [0.3, 0.4) is 0 Å². The fraction of sp³-hybridized carbons (Fsp3) is 0.733. The molecular weight excluding hydrogens is 511 g/mol. The standard InChI is InChI=1S/2C15H25O.2ClH.Ti/c2*1-15(2,3)16-13-9-5-4-6-10-14-11-7-8-12-14;;;/h2*7,12H,4-6,8-10,13H2,1-3H3;2*1H;/q2*-1;;;+4/p-2. The van der Waals surface area contributed by atoms with Gasteiger partial charge in [-0.15, -0.1) is 0 Å². The van der Waals surface area contributed by atoms with E-state index in [-0.39, 0.29) is 57.7 Å². The molecule has 0 aromatic rings. The van der Waals surface area contributed by atoms with Crippen LogP contribution in [0.2, 0.25) is 0 Å². The molecule has 0 fully saturated rings. The maximum absolute atomic E-state index is 5.68. The van der Waals surface area contributed by atoms with Gasteiger partial charge in [0, 0.05) is 13.2 Å². The van der Waals surface area contributed by atoms with Gasteiger partial charge in [0.25, 0.3) is 0 Å². The van der Waals surface area contributed by atoms with E-state index in [1.807, 2.05) is 0 Å². The molecule has 2 aliphatic rings. The summed E-state index contributed by atoms with van der Waals surface area (Å²) >= 11 is 0. The number of unbranched alkanes of at least 4 members (excludes halogenated alkanes) is 6. The Balaban J connectivity index is -0.000000539. The number of hydrogen-bond donors (Lipinski definition) is 0. The second-order valence-electron chi connectivity index (χ2n) is 10.9. The first kappa shape index (κ1) is 39.5. The van der Waals surface area contributed by atoms with E-state index in [9.17, 15) is 0 Å². The molecule has 0 amide bonds. The van der Waals surface area contributed by atoms with Crippen LogP contribution < -0.4 is 24.8 Å². The summed E-state index contributed by atoms with van der Waals surface area (Å²) in [6.45, 7) is 14.5. The molecule has 5 heteroatoms. The Morgan fingerprint density at radius 3 is 1.26 bits per heavy atom. The van der Waals surface area contributed by atoms with Gasteiger partial charge < -0.3 is 45.8 Å². The Kier molecular flexibility index (Phi) is 26.1. The van der Waals surface area contributed by atoms with Crippen molar-refractivity contribution in [2.45, 2.75) is 130 Å². The molecule has 0 aromatic heterocycles. The molecule has 0 heterocycles. The zero-order valence-electron chi connectivity index (χ0n) is 23.3. The minimum atomic E-state index is 0. The van der Waals surface area contributed by atoms with E-state index in [1.165, 1.54) is 75.4 Å². The summed E-state index contributed by atoms with van der Waals surface area (Å²) in [6.07, 6.45) is 23.6. The fourth-order valence-corrected chi connectivity index (χ4v) is 3.55. The van der Waals surface area contributed by atoms with Crippen molar-refractivity contribution >= 4 is 0 Å². The molecule has 0 aliphatic heterocycles. The molecule has 0 spiro atoms. The van der Waals surface area contributed by atoms with Crippen LogP contribution in [0.5, 0.6) is 0 Å². The van der Waals surface area contributed by atoms with Crippen molar-refractivity contribution in [1.82, 2.24) is 0 Å². The summed E-state index contributed by atoms with van der Waals surface area (Å²) in [7, 11) is 0. The van der Waals surface area contributed by atoms with Gasteiger partial charge in [-0.1, -0.05) is 64.2 Å². The molecule has 0 radical (unpaired) electrons. The van der Waals surface area contributed by atoms with E-state index in [4.69, 9.17) is 9.47 Å². The molecule has 0 N–H and O–H groups in total. The van der Waals surface area contributed by atoms with Crippen LogP contribution in [0.25, 0.3) is 0 Å². The molecule has 0 bridgehead atoms. The summed E-state index contributed by atoms with van der Waals surface area (Å²) in [5, 5.41) is 0. The molecule has 35 heavy (non-hydrogen) atoms. The van der Waals surface area contributed by atoms with Crippen LogP contribution >= 0.6 is 0 Å². The summed E-state index contributed by atoms with van der Waals surface area (Å²) < 4.78 is 11.4. The van der Waals surface area contributed by atoms with Gasteiger partial charge in [-0.05, 0) is 54.4 Å². The van der Waals surface area contributed by atoms with Crippen molar-refractivity contribution in [2.24, 2.45) is 0 Å².